The summed E-state index contributed by atoms with van der Waals surface area (Å²) in [6.07, 6.45) is 3.58. The monoisotopic (exact) mass is 284 g/mol. The van der Waals surface area contributed by atoms with Crippen LogP contribution in [0.1, 0.15) is 5.56 Å². The second-order valence-electron chi connectivity index (χ2n) is 3.46. The van der Waals surface area contributed by atoms with Crippen LogP contribution < -0.4 is 4.72 Å². The first kappa shape index (κ1) is 14.7. The van der Waals surface area contributed by atoms with E-state index in [1.807, 2.05) is 6.07 Å². The topological polar surface area (TPSA) is 70.0 Å². The summed E-state index contributed by atoms with van der Waals surface area (Å²) in [7, 11) is -3.50. The number of rotatable bonds is 6. The van der Waals surface area contributed by atoms with Crippen molar-refractivity contribution < 1.29 is 8.42 Å². The molecule has 0 amide bonds. The molecule has 0 saturated carbocycles. The summed E-state index contributed by atoms with van der Waals surface area (Å²) < 4.78 is 26.1. The molecule has 0 aliphatic rings. The highest BCUT2D eigenvalue weighted by molar-refractivity contribution is 7.89. The lowest BCUT2D eigenvalue weighted by Gasteiger charge is -2.05. The highest BCUT2D eigenvalue weighted by atomic mass is 35.5. The molecule has 0 spiro atoms. The Bertz CT molecular complexity index is 544. The van der Waals surface area contributed by atoms with Gasteiger partial charge in [0, 0.05) is 12.4 Å². The normalized spacial score (nSPS) is 11.6. The molecule has 18 heavy (non-hydrogen) atoms. The van der Waals surface area contributed by atoms with Crippen molar-refractivity contribution in [2.75, 3.05) is 12.4 Å². The van der Waals surface area contributed by atoms with Crippen LogP contribution in [0.4, 0.5) is 0 Å². The van der Waals surface area contributed by atoms with Crippen molar-refractivity contribution in [2.45, 2.75) is 11.3 Å². The van der Waals surface area contributed by atoms with Crippen LogP contribution in [0.2, 0.25) is 0 Å². The summed E-state index contributed by atoms with van der Waals surface area (Å²) in [4.78, 5) is 0.184. The van der Waals surface area contributed by atoms with Gasteiger partial charge in [0.1, 0.15) is 0 Å². The van der Waals surface area contributed by atoms with E-state index in [2.05, 4.69) is 4.72 Å². The molecule has 0 unspecified atom stereocenters. The van der Waals surface area contributed by atoms with Crippen LogP contribution in [-0.2, 0) is 16.4 Å². The number of benzene rings is 1. The Morgan fingerprint density at radius 2 is 1.94 bits per heavy atom. The minimum Gasteiger partial charge on any atom is -0.207 e. The van der Waals surface area contributed by atoms with E-state index in [1.165, 1.54) is 12.1 Å². The van der Waals surface area contributed by atoms with Gasteiger partial charge in [0.15, 0.2) is 0 Å². The molecular weight excluding hydrogens is 272 g/mol. The summed E-state index contributed by atoms with van der Waals surface area (Å²) in [6, 6.07) is 8.24. The Balaban J connectivity index is 2.73. The Morgan fingerprint density at radius 3 is 2.50 bits per heavy atom. The van der Waals surface area contributed by atoms with Gasteiger partial charge >= 0.3 is 0 Å². The van der Waals surface area contributed by atoms with Crippen LogP contribution in [-0.4, -0.2) is 20.8 Å². The van der Waals surface area contributed by atoms with Crippen molar-refractivity contribution in [1.82, 2.24) is 4.72 Å². The molecule has 0 fully saturated rings. The van der Waals surface area contributed by atoms with E-state index in [4.69, 9.17) is 16.9 Å². The van der Waals surface area contributed by atoms with Gasteiger partial charge in [-0.2, -0.15) is 5.26 Å². The maximum absolute atomic E-state index is 11.8. The summed E-state index contributed by atoms with van der Waals surface area (Å²) in [5.74, 6) is 0.352. The minimum atomic E-state index is -3.50. The van der Waals surface area contributed by atoms with Gasteiger partial charge in [-0.3, -0.25) is 0 Å². The highest BCUT2D eigenvalue weighted by Crippen LogP contribution is 2.10. The molecule has 1 aromatic carbocycles. The van der Waals surface area contributed by atoms with Crippen LogP contribution in [0.15, 0.2) is 41.3 Å². The number of sulfonamides is 1. The minimum absolute atomic E-state index is 0.184. The van der Waals surface area contributed by atoms with Crippen LogP contribution in [0.25, 0.3) is 0 Å². The van der Waals surface area contributed by atoms with E-state index >= 15 is 0 Å². The molecule has 0 aliphatic carbocycles. The SMILES string of the molecule is N#CCc1ccc(S(=O)(=O)NC/C=C/CCl)cc1. The lowest BCUT2D eigenvalue weighted by molar-refractivity contribution is 0.585. The summed E-state index contributed by atoms with van der Waals surface area (Å²) >= 11 is 5.43. The van der Waals surface area contributed by atoms with Gasteiger partial charge in [0.25, 0.3) is 0 Å². The molecule has 6 heteroatoms. The largest absolute Gasteiger partial charge is 0.240 e. The van der Waals surface area contributed by atoms with E-state index in [0.717, 1.165) is 5.56 Å². The van der Waals surface area contributed by atoms with Gasteiger partial charge < -0.3 is 0 Å². The fourth-order valence-corrected chi connectivity index (χ4v) is 2.37. The Kier molecular flexibility index (Phi) is 5.86. The molecule has 1 N–H and O–H groups in total. The zero-order chi connectivity index (χ0) is 13.4. The fraction of sp³-hybridized carbons (Fsp3) is 0.250. The van der Waals surface area contributed by atoms with Gasteiger partial charge in [0.05, 0.1) is 17.4 Å². The number of hydrogen-bond acceptors (Lipinski definition) is 3. The number of nitriles is 1. The van der Waals surface area contributed by atoms with Gasteiger partial charge in [-0.25, -0.2) is 13.1 Å². The number of allylic oxidation sites excluding steroid dienone is 1. The quantitative estimate of drug-likeness (QED) is 0.640. The van der Waals surface area contributed by atoms with Crippen LogP contribution in [0.3, 0.4) is 0 Å². The number of nitrogens with zero attached hydrogens (tertiary/aromatic N) is 1. The smallest absolute Gasteiger partial charge is 0.207 e. The van der Waals surface area contributed by atoms with Crippen molar-refractivity contribution in [3.05, 3.63) is 42.0 Å². The lowest BCUT2D eigenvalue weighted by Crippen LogP contribution is -2.23. The first-order valence-electron chi connectivity index (χ1n) is 5.26. The summed E-state index contributed by atoms with van der Waals surface area (Å²) in [6.45, 7) is 0.203. The molecule has 0 aliphatic heterocycles. The number of halogens is 1. The second kappa shape index (κ2) is 7.17. The van der Waals surface area contributed by atoms with Gasteiger partial charge in [0.2, 0.25) is 10.0 Å². The van der Waals surface area contributed by atoms with E-state index in [0.29, 0.717) is 5.88 Å². The fourth-order valence-electron chi connectivity index (χ4n) is 1.27. The number of alkyl halides is 1. The van der Waals surface area contributed by atoms with Gasteiger partial charge in [-0.15, -0.1) is 11.6 Å². The molecule has 0 saturated heterocycles. The Morgan fingerprint density at radius 1 is 1.28 bits per heavy atom. The van der Waals surface area contributed by atoms with Crippen molar-refractivity contribution in [1.29, 1.82) is 5.26 Å². The molecule has 0 bridgehead atoms. The predicted molar refractivity (Wildman–Crippen MR) is 70.8 cm³/mol. The molecule has 1 rings (SSSR count). The Hall–Kier alpha value is -1.35. The van der Waals surface area contributed by atoms with Crippen LogP contribution >= 0.6 is 11.6 Å². The molecule has 0 atom stereocenters. The average Bonchev–Trinajstić information content (AvgIpc) is 2.36. The molecular formula is C12H13ClN2O2S. The molecule has 0 heterocycles. The van der Waals surface area contributed by atoms with E-state index < -0.39 is 10.0 Å². The van der Waals surface area contributed by atoms with E-state index in [-0.39, 0.29) is 17.9 Å². The third-order valence-electron chi connectivity index (χ3n) is 2.16. The van der Waals surface area contributed by atoms with Crippen LogP contribution in [0.5, 0.6) is 0 Å². The average molecular weight is 285 g/mol. The summed E-state index contributed by atoms with van der Waals surface area (Å²) in [5, 5.41) is 8.52. The second-order valence-corrected chi connectivity index (χ2v) is 5.53. The first-order chi connectivity index (χ1) is 8.60. The maximum Gasteiger partial charge on any atom is 0.240 e. The molecule has 0 radical (unpaired) electrons. The maximum atomic E-state index is 11.8. The zero-order valence-corrected chi connectivity index (χ0v) is 11.2. The standard InChI is InChI=1S/C12H13ClN2O2S/c13-8-1-2-10-15-18(16,17)12-5-3-11(4-6-12)7-9-14/h1-6,15H,7-8,10H2/b2-1+. The van der Waals surface area contributed by atoms with Crippen molar-refractivity contribution in [3.8, 4) is 6.07 Å². The number of nitrogens with one attached hydrogen (secondary N) is 1. The predicted octanol–water partition coefficient (Wildman–Crippen LogP) is 1.83. The lowest BCUT2D eigenvalue weighted by atomic mass is 10.2. The highest BCUT2D eigenvalue weighted by Gasteiger charge is 2.11. The van der Waals surface area contributed by atoms with Crippen LogP contribution in [0, 0.1) is 11.3 Å². The Labute approximate surface area is 112 Å². The molecule has 4 nitrogen and oxygen atoms in total. The van der Waals surface area contributed by atoms with Gasteiger partial charge in [-0.1, -0.05) is 24.3 Å². The number of hydrogen-bond donors (Lipinski definition) is 1. The first-order valence-corrected chi connectivity index (χ1v) is 7.28. The third kappa shape index (κ3) is 4.49. The van der Waals surface area contributed by atoms with E-state index in [9.17, 15) is 8.42 Å². The molecule has 0 aromatic heterocycles. The third-order valence-corrected chi connectivity index (χ3v) is 3.78. The molecule has 96 valence electrons. The van der Waals surface area contributed by atoms with E-state index in [1.54, 1.807) is 24.3 Å². The van der Waals surface area contributed by atoms with Crippen molar-refractivity contribution in [2.24, 2.45) is 0 Å². The summed E-state index contributed by atoms with van der Waals surface area (Å²) in [5.41, 5.74) is 0.790. The molecule has 1 aromatic rings. The van der Waals surface area contributed by atoms with Crippen molar-refractivity contribution in [3.63, 3.8) is 0 Å². The zero-order valence-electron chi connectivity index (χ0n) is 9.64. The van der Waals surface area contributed by atoms with Gasteiger partial charge in [-0.05, 0) is 17.7 Å². The van der Waals surface area contributed by atoms with Crippen molar-refractivity contribution >= 4 is 21.6 Å².